The van der Waals surface area contributed by atoms with Gasteiger partial charge in [-0.1, -0.05) is 20.8 Å². The van der Waals surface area contributed by atoms with Crippen LogP contribution in [0.1, 0.15) is 80.0 Å². The third-order valence-electron chi connectivity index (χ3n) is 6.41. The number of nitrogens with zero attached hydrogens (tertiary/aromatic N) is 6. The van der Waals surface area contributed by atoms with Crippen LogP contribution in [0.15, 0.2) is 0 Å². The van der Waals surface area contributed by atoms with Crippen LogP contribution in [-0.4, -0.2) is 44.3 Å². The van der Waals surface area contributed by atoms with Gasteiger partial charge >= 0.3 is 0 Å². The van der Waals surface area contributed by atoms with Crippen LogP contribution < -0.4 is 4.90 Å². The first-order chi connectivity index (χ1) is 14.0. The van der Waals surface area contributed by atoms with Gasteiger partial charge < -0.3 is 4.90 Å². The van der Waals surface area contributed by atoms with E-state index in [0.717, 1.165) is 57.9 Å². The highest BCUT2D eigenvalue weighted by atomic mass is 15.3. The molecule has 1 saturated heterocycles. The number of hydrogen-bond acceptors (Lipinski definition) is 5. The fourth-order valence-corrected chi connectivity index (χ4v) is 4.68. The summed E-state index contributed by atoms with van der Waals surface area (Å²) in [5, 5.41) is 4.77. The Morgan fingerprint density at radius 2 is 1.79 bits per heavy atom. The molecule has 2 aliphatic rings. The molecular formula is C23H36N6. The zero-order valence-electron chi connectivity index (χ0n) is 18.8. The van der Waals surface area contributed by atoms with E-state index in [1.54, 1.807) is 0 Å². The average molecular weight is 397 g/mol. The van der Waals surface area contributed by atoms with Crippen molar-refractivity contribution in [3.63, 3.8) is 0 Å². The summed E-state index contributed by atoms with van der Waals surface area (Å²) in [5.41, 5.74) is 6.51. The van der Waals surface area contributed by atoms with Gasteiger partial charge in [0.05, 0.1) is 11.4 Å². The van der Waals surface area contributed by atoms with Crippen LogP contribution in [0.2, 0.25) is 0 Å². The second-order valence-corrected chi connectivity index (χ2v) is 9.01. The predicted molar refractivity (Wildman–Crippen MR) is 117 cm³/mol. The molecule has 0 radical (unpaired) electrons. The van der Waals surface area contributed by atoms with E-state index in [-0.39, 0.29) is 0 Å². The van der Waals surface area contributed by atoms with Gasteiger partial charge in [-0.05, 0) is 39.5 Å². The number of aryl methyl sites for hydroxylation is 2. The van der Waals surface area contributed by atoms with Crippen LogP contribution in [0.25, 0.3) is 0 Å². The molecule has 29 heavy (non-hydrogen) atoms. The van der Waals surface area contributed by atoms with Gasteiger partial charge in [-0.3, -0.25) is 9.58 Å². The molecule has 0 aliphatic carbocycles. The van der Waals surface area contributed by atoms with Gasteiger partial charge in [-0.2, -0.15) is 5.10 Å². The van der Waals surface area contributed by atoms with Crippen molar-refractivity contribution in [3.8, 4) is 0 Å². The minimum atomic E-state index is 0.355. The lowest BCUT2D eigenvalue weighted by Crippen LogP contribution is -2.34. The molecule has 0 saturated carbocycles. The molecule has 4 heterocycles. The summed E-state index contributed by atoms with van der Waals surface area (Å²) >= 11 is 0. The van der Waals surface area contributed by atoms with Crippen molar-refractivity contribution < 1.29 is 0 Å². The zero-order valence-corrected chi connectivity index (χ0v) is 18.8. The maximum atomic E-state index is 5.02. The highest BCUT2D eigenvalue weighted by Gasteiger charge is 2.27. The molecule has 2 aliphatic heterocycles. The van der Waals surface area contributed by atoms with Crippen LogP contribution in [0.5, 0.6) is 0 Å². The number of hydrogen-bond donors (Lipinski definition) is 0. The molecule has 6 heteroatoms. The van der Waals surface area contributed by atoms with E-state index in [4.69, 9.17) is 15.1 Å². The van der Waals surface area contributed by atoms with Crippen LogP contribution in [-0.2, 0) is 26.1 Å². The van der Waals surface area contributed by atoms with Crippen molar-refractivity contribution in [1.82, 2.24) is 24.6 Å². The molecule has 0 spiro atoms. The summed E-state index contributed by atoms with van der Waals surface area (Å²) < 4.78 is 2.17. The Kier molecular flexibility index (Phi) is 5.91. The summed E-state index contributed by atoms with van der Waals surface area (Å²) in [6.07, 6.45) is 4.72. The predicted octanol–water partition coefficient (Wildman–Crippen LogP) is 3.98. The lowest BCUT2D eigenvalue weighted by atomic mass is 10.0. The molecule has 4 rings (SSSR count). The maximum absolute atomic E-state index is 5.02. The molecule has 0 aromatic carbocycles. The van der Waals surface area contributed by atoms with Crippen molar-refractivity contribution in [3.05, 3.63) is 34.0 Å². The molecule has 2 aromatic rings. The maximum Gasteiger partial charge on any atom is 0.135 e. The smallest absolute Gasteiger partial charge is 0.135 e. The molecule has 0 atom stereocenters. The van der Waals surface area contributed by atoms with Gasteiger partial charge in [0.2, 0.25) is 0 Å². The van der Waals surface area contributed by atoms with Crippen LogP contribution in [0, 0.1) is 13.8 Å². The Balaban J connectivity index is 1.60. The molecule has 158 valence electrons. The second-order valence-electron chi connectivity index (χ2n) is 9.01. The van der Waals surface area contributed by atoms with Crippen LogP contribution in [0.3, 0.4) is 0 Å². The van der Waals surface area contributed by atoms with Crippen LogP contribution >= 0.6 is 0 Å². The third-order valence-corrected chi connectivity index (χ3v) is 6.41. The Morgan fingerprint density at radius 1 is 1.03 bits per heavy atom. The molecule has 2 aromatic heterocycles. The number of rotatable bonds is 6. The number of aromatic nitrogens is 4. The van der Waals surface area contributed by atoms with Gasteiger partial charge in [0.1, 0.15) is 11.6 Å². The first-order valence-corrected chi connectivity index (χ1v) is 11.4. The van der Waals surface area contributed by atoms with Crippen molar-refractivity contribution in [2.45, 2.75) is 85.9 Å². The lowest BCUT2D eigenvalue weighted by molar-refractivity contribution is 0.239. The van der Waals surface area contributed by atoms with Gasteiger partial charge in [-0.15, -0.1) is 0 Å². The van der Waals surface area contributed by atoms with Crippen molar-refractivity contribution in [2.24, 2.45) is 0 Å². The monoisotopic (exact) mass is 396 g/mol. The van der Waals surface area contributed by atoms with E-state index in [9.17, 15) is 0 Å². The van der Waals surface area contributed by atoms with Gasteiger partial charge in [-0.25, -0.2) is 9.97 Å². The molecule has 0 N–H and O–H groups in total. The fraction of sp³-hybridized carbons (Fsp3) is 0.696. The largest absolute Gasteiger partial charge is 0.356 e. The fourth-order valence-electron chi connectivity index (χ4n) is 4.68. The Morgan fingerprint density at radius 3 is 2.48 bits per heavy atom. The summed E-state index contributed by atoms with van der Waals surface area (Å²) in [4.78, 5) is 15.1. The highest BCUT2D eigenvalue weighted by molar-refractivity contribution is 5.51. The first-order valence-electron chi connectivity index (χ1n) is 11.4. The minimum Gasteiger partial charge on any atom is -0.356 e. The SMILES string of the molecule is CCCn1nc(C)c(CN2CCc3c(nc(C(C)C)nc3N3CCCC3)C2)c1C. The van der Waals surface area contributed by atoms with Gasteiger partial charge in [0.15, 0.2) is 0 Å². The first kappa shape index (κ1) is 20.3. The summed E-state index contributed by atoms with van der Waals surface area (Å²) in [5.74, 6) is 2.57. The summed E-state index contributed by atoms with van der Waals surface area (Å²) in [6.45, 7) is 17.2. The van der Waals surface area contributed by atoms with E-state index in [1.807, 2.05) is 0 Å². The van der Waals surface area contributed by atoms with Gasteiger partial charge in [0.25, 0.3) is 0 Å². The number of anilines is 1. The normalized spacial score (nSPS) is 17.4. The van der Waals surface area contributed by atoms with Crippen molar-refractivity contribution >= 4 is 5.82 Å². The molecular weight excluding hydrogens is 360 g/mol. The molecule has 0 bridgehead atoms. The average Bonchev–Trinajstić information content (AvgIpc) is 3.32. The zero-order chi connectivity index (χ0) is 20.5. The Bertz CT molecular complexity index is 863. The summed E-state index contributed by atoms with van der Waals surface area (Å²) in [7, 11) is 0. The third kappa shape index (κ3) is 4.04. The molecule has 0 amide bonds. The molecule has 0 unspecified atom stereocenters. The van der Waals surface area contributed by atoms with Crippen LogP contribution in [0.4, 0.5) is 5.82 Å². The molecule has 6 nitrogen and oxygen atoms in total. The van der Waals surface area contributed by atoms with E-state index in [2.05, 4.69) is 49.1 Å². The standard InChI is InChI=1S/C23H36N6/c1-6-10-29-18(5)20(17(4)26-29)14-27-13-9-19-21(15-27)24-22(16(2)3)25-23(19)28-11-7-8-12-28/h16H,6-15H2,1-5H3. The number of fused-ring (bicyclic) bond motifs is 1. The van der Waals surface area contributed by atoms with E-state index in [1.165, 1.54) is 46.9 Å². The van der Waals surface area contributed by atoms with E-state index >= 15 is 0 Å². The van der Waals surface area contributed by atoms with Crippen molar-refractivity contribution in [1.29, 1.82) is 0 Å². The van der Waals surface area contributed by atoms with Crippen molar-refractivity contribution in [2.75, 3.05) is 24.5 Å². The topological polar surface area (TPSA) is 50.1 Å². The molecule has 1 fully saturated rings. The highest BCUT2D eigenvalue weighted by Crippen LogP contribution is 2.31. The van der Waals surface area contributed by atoms with Gasteiger partial charge in [0, 0.05) is 62.0 Å². The van der Waals surface area contributed by atoms with E-state index in [0.29, 0.717) is 5.92 Å². The Hall–Kier alpha value is -1.95. The van der Waals surface area contributed by atoms with E-state index < -0.39 is 0 Å². The summed E-state index contributed by atoms with van der Waals surface area (Å²) in [6, 6.07) is 0. The quantitative estimate of drug-likeness (QED) is 0.739. The Labute approximate surface area is 175 Å². The minimum absolute atomic E-state index is 0.355. The second kappa shape index (κ2) is 8.42. The lowest BCUT2D eigenvalue weighted by Gasteiger charge is -2.31.